The van der Waals surface area contributed by atoms with Gasteiger partial charge in [0.15, 0.2) is 0 Å². The predicted octanol–water partition coefficient (Wildman–Crippen LogP) is 10.2. The van der Waals surface area contributed by atoms with Crippen LogP contribution in [0.25, 0.3) is 5.57 Å². The van der Waals surface area contributed by atoms with Crippen LogP contribution < -0.4 is 0 Å². The molecule has 3 nitrogen and oxygen atoms in total. The van der Waals surface area contributed by atoms with Crippen molar-refractivity contribution in [1.82, 2.24) is 4.90 Å². The normalized spacial score (nSPS) is 18.8. The Morgan fingerprint density at radius 3 is 1.90 bits per heavy atom. The predicted molar refractivity (Wildman–Crippen MR) is 173 cm³/mol. The Morgan fingerprint density at radius 2 is 1.49 bits per heavy atom. The second-order valence-corrected chi connectivity index (χ2v) is 11.3. The Morgan fingerprint density at radius 1 is 0.949 bits per heavy atom. The molecule has 1 aliphatic heterocycles. The van der Waals surface area contributed by atoms with Gasteiger partial charge in [0.25, 0.3) is 0 Å². The van der Waals surface area contributed by atoms with Gasteiger partial charge >= 0.3 is 0 Å². The van der Waals surface area contributed by atoms with Crippen LogP contribution in [0.5, 0.6) is 0 Å². The van der Waals surface area contributed by atoms with Crippen LogP contribution in [-0.2, 0) is 12.8 Å². The third-order valence-corrected chi connectivity index (χ3v) is 8.87. The van der Waals surface area contributed by atoms with Gasteiger partial charge in [-0.05, 0) is 138 Å². The van der Waals surface area contributed by atoms with Gasteiger partial charge in [0.05, 0.1) is 0 Å². The summed E-state index contributed by atoms with van der Waals surface area (Å²) in [5.41, 5.74) is 13.6. The number of amidine groups is 1. The van der Waals surface area contributed by atoms with E-state index in [1.165, 1.54) is 50.1 Å². The number of aliphatic hydroxyl groups excluding tert-OH is 1. The van der Waals surface area contributed by atoms with Crippen molar-refractivity contribution in [3.05, 3.63) is 86.9 Å². The number of aliphatic hydroxyl groups is 1. The van der Waals surface area contributed by atoms with Gasteiger partial charge in [0, 0.05) is 17.6 Å². The molecule has 0 radical (unpaired) electrons. The van der Waals surface area contributed by atoms with Crippen LogP contribution in [0.15, 0.2) is 64.0 Å². The fourth-order valence-electron chi connectivity index (χ4n) is 6.31. The van der Waals surface area contributed by atoms with Crippen LogP contribution in [0.1, 0.15) is 123 Å². The Hall–Kier alpha value is -2.81. The Bertz CT molecular complexity index is 1200. The second-order valence-electron chi connectivity index (χ2n) is 11.3. The number of hydrogen-bond acceptors (Lipinski definition) is 2. The minimum absolute atomic E-state index is 0.128. The molecule has 0 aliphatic carbocycles. The SMILES string of the molecule is C=C(O)/N=C(\c1c(C)cc(C(=C)/C(C(C)=C(C)C)=C(C)\C(C)=C/C)c(CC)c1CC)N1C(CC)CCC1CC. The molecular weight excluding hydrogens is 476 g/mol. The monoisotopic (exact) mass is 530 g/mol. The van der Waals surface area contributed by atoms with Gasteiger partial charge < -0.3 is 10.0 Å². The first-order valence-corrected chi connectivity index (χ1v) is 15.0. The molecule has 0 amide bonds. The third kappa shape index (κ3) is 6.68. The van der Waals surface area contributed by atoms with Crippen molar-refractivity contribution >= 4 is 11.4 Å². The van der Waals surface area contributed by atoms with Crippen molar-refractivity contribution in [3.63, 3.8) is 0 Å². The van der Waals surface area contributed by atoms with E-state index in [2.05, 4.69) is 99.8 Å². The fraction of sp³-hybridized carbons (Fsp3) is 0.528. The first-order chi connectivity index (χ1) is 18.4. The lowest BCUT2D eigenvalue weighted by atomic mass is 9.80. The van der Waals surface area contributed by atoms with Gasteiger partial charge in [0.1, 0.15) is 5.84 Å². The van der Waals surface area contributed by atoms with Crippen molar-refractivity contribution in [3.8, 4) is 0 Å². The first-order valence-electron chi connectivity index (χ1n) is 15.0. The summed E-state index contributed by atoms with van der Waals surface area (Å²) in [6, 6.07) is 3.15. The minimum atomic E-state index is -0.128. The van der Waals surface area contributed by atoms with Crippen LogP contribution >= 0.6 is 0 Å². The standard InChI is InChI=1S/C36H54N2O/c1-14-23(8)26(11)35(25(10)22(6)7)27(12)33-21-24(9)34(32(18-5)31(33)17-4)36(37-28(13)39)38-29(15-2)19-20-30(38)16-3/h14,21,29-30,39H,12-13,15-20H2,1-11H3/b23-14-,35-26-,37-36+. The lowest BCUT2D eigenvalue weighted by molar-refractivity contribution is 0.298. The summed E-state index contributed by atoms with van der Waals surface area (Å²) in [5.74, 6) is 0.758. The molecule has 1 saturated heterocycles. The van der Waals surface area contributed by atoms with E-state index in [1.807, 2.05) is 0 Å². The lowest BCUT2D eigenvalue weighted by Gasteiger charge is -2.35. The summed E-state index contributed by atoms with van der Waals surface area (Å²) in [5, 5.41) is 10.4. The molecule has 3 heteroatoms. The maximum Gasteiger partial charge on any atom is 0.205 e. The molecule has 2 atom stereocenters. The van der Waals surface area contributed by atoms with Crippen molar-refractivity contribution in [2.75, 3.05) is 0 Å². The van der Waals surface area contributed by atoms with Gasteiger partial charge in [-0.2, -0.15) is 4.99 Å². The van der Waals surface area contributed by atoms with Crippen molar-refractivity contribution in [2.24, 2.45) is 4.99 Å². The van der Waals surface area contributed by atoms with Gasteiger partial charge in [-0.3, -0.25) is 0 Å². The molecule has 0 saturated carbocycles. The Balaban J connectivity index is 2.96. The van der Waals surface area contributed by atoms with E-state index >= 15 is 0 Å². The minimum Gasteiger partial charge on any atom is -0.494 e. The van der Waals surface area contributed by atoms with Crippen LogP contribution in [-0.4, -0.2) is 27.9 Å². The van der Waals surface area contributed by atoms with E-state index in [-0.39, 0.29) is 5.88 Å². The molecule has 1 fully saturated rings. The van der Waals surface area contributed by atoms with E-state index in [1.54, 1.807) is 0 Å². The highest BCUT2D eigenvalue weighted by Crippen LogP contribution is 2.40. The number of allylic oxidation sites excluding steroid dienone is 7. The highest BCUT2D eigenvalue weighted by atomic mass is 16.3. The topological polar surface area (TPSA) is 35.8 Å². The molecule has 39 heavy (non-hydrogen) atoms. The Labute approximate surface area is 239 Å². The number of likely N-dealkylation sites (tertiary alicyclic amines) is 1. The van der Waals surface area contributed by atoms with Crippen molar-refractivity contribution < 1.29 is 5.11 Å². The van der Waals surface area contributed by atoms with E-state index in [0.717, 1.165) is 55.5 Å². The zero-order valence-corrected chi connectivity index (χ0v) is 26.8. The van der Waals surface area contributed by atoms with Gasteiger partial charge in [-0.15, -0.1) is 0 Å². The molecule has 0 aromatic heterocycles. The largest absolute Gasteiger partial charge is 0.494 e. The number of rotatable bonds is 10. The highest BCUT2D eigenvalue weighted by molar-refractivity contribution is 6.03. The van der Waals surface area contributed by atoms with Gasteiger partial charge in [0.2, 0.25) is 5.88 Å². The molecular formula is C36H54N2O. The van der Waals surface area contributed by atoms with Crippen molar-refractivity contribution in [2.45, 2.75) is 127 Å². The van der Waals surface area contributed by atoms with E-state index in [9.17, 15) is 5.11 Å². The zero-order valence-electron chi connectivity index (χ0n) is 26.8. The maximum absolute atomic E-state index is 10.4. The maximum atomic E-state index is 10.4. The third-order valence-electron chi connectivity index (χ3n) is 8.87. The fourth-order valence-corrected chi connectivity index (χ4v) is 6.31. The van der Waals surface area contributed by atoms with Gasteiger partial charge in [-0.25, -0.2) is 0 Å². The Kier molecular flexibility index (Phi) is 11.6. The molecule has 1 heterocycles. The smallest absolute Gasteiger partial charge is 0.205 e. The number of benzene rings is 1. The second kappa shape index (κ2) is 14.0. The molecule has 0 bridgehead atoms. The average Bonchev–Trinajstić information content (AvgIpc) is 3.33. The summed E-state index contributed by atoms with van der Waals surface area (Å²) in [6.45, 7) is 32.8. The quantitative estimate of drug-likeness (QED) is 0.141. The number of aliphatic imine (C=N–C) groups is 1. The number of hydrogen-bond donors (Lipinski definition) is 1. The summed E-state index contributed by atoms with van der Waals surface area (Å²) in [4.78, 5) is 7.25. The molecule has 214 valence electrons. The summed E-state index contributed by atoms with van der Waals surface area (Å²) < 4.78 is 0. The molecule has 2 unspecified atom stereocenters. The van der Waals surface area contributed by atoms with Crippen molar-refractivity contribution in [1.29, 1.82) is 0 Å². The molecule has 1 aliphatic rings. The summed E-state index contributed by atoms with van der Waals surface area (Å²) >= 11 is 0. The van der Waals surface area contributed by atoms with Crippen LogP contribution in [0.4, 0.5) is 0 Å². The summed E-state index contributed by atoms with van der Waals surface area (Å²) in [7, 11) is 0. The van der Waals surface area contributed by atoms with Crippen LogP contribution in [0, 0.1) is 6.92 Å². The van der Waals surface area contributed by atoms with Crippen LogP contribution in [0.3, 0.4) is 0 Å². The summed E-state index contributed by atoms with van der Waals surface area (Å²) in [6.07, 6.45) is 8.39. The number of nitrogens with zero attached hydrogens (tertiary/aromatic N) is 2. The first kappa shape index (κ1) is 32.4. The van der Waals surface area contributed by atoms with E-state index in [0.29, 0.717) is 12.1 Å². The molecule has 0 spiro atoms. The van der Waals surface area contributed by atoms with E-state index in [4.69, 9.17) is 11.6 Å². The lowest BCUT2D eigenvalue weighted by Crippen LogP contribution is -2.42. The molecule has 1 aromatic carbocycles. The molecule has 2 rings (SSSR count). The highest BCUT2D eigenvalue weighted by Gasteiger charge is 2.36. The van der Waals surface area contributed by atoms with Gasteiger partial charge in [-0.1, -0.05) is 57.6 Å². The average molecular weight is 531 g/mol. The molecule has 1 N–H and O–H groups in total. The zero-order chi connectivity index (χ0) is 29.6. The van der Waals surface area contributed by atoms with Crippen LogP contribution in [0.2, 0.25) is 0 Å². The van der Waals surface area contributed by atoms with E-state index < -0.39 is 0 Å². The molecule has 1 aromatic rings. The number of aryl methyl sites for hydroxylation is 1.